The van der Waals surface area contributed by atoms with Crippen molar-refractivity contribution in [1.82, 2.24) is 20.4 Å². The van der Waals surface area contributed by atoms with Gasteiger partial charge in [0.1, 0.15) is 6.54 Å². The number of aromatic nitrogens is 2. The number of nitrogens with one attached hydrogen (secondary N) is 1. The molecule has 0 atom stereocenters. The molecule has 1 fully saturated rings. The van der Waals surface area contributed by atoms with Gasteiger partial charge in [0.25, 0.3) is 0 Å². The summed E-state index contributed by atoms with van der Waals surface area (Å²) in [4.78, 5) is 11.0. The van der Waals surface area contributed by atoms with E-state index >= 15 is 0 Å². The van der Waals surface area contributed by atoms with Crippen LogP contribution in [0.3, 0.4) is 0 Å². The molecule has 1 saturated carbocycles. The van der Waals surface area contributed by atoms with Gasteiger partial charge in [-0.05, 0) is 49.9 Å². The highest BCUT2D eigenvalue weighted by atomic mass is 35.5. The Kier molecular flexibility index (Phi) is 7.06. The number of ether oxygens (including phenoxy) is 1. The Morgan fingerprint density at radius 3 is 2.85 bits per heavy atom. The normalized spacial score (nSPS) is 14.4. The monoisotopic (exact) mass is 391 g/mol. The van der Waals surface area contributed by atoms with Crippen molar-refractivity contribution in [3.63, 3.8) is 0 Å². The predicted octanol–water partition coefficient (Wildman–Crippen LogP) is 3.21. The lowest BCUT2D eigenvalue weighted by Gasteiger charge is -2.21. The van der Waals surface area contributed by atoms with E-state index in [-0.39, 0.29) is 0 Å². The zero-order chi connectivity index (χ0) is 19.1. The third-order valence-electron chi connectivity index (χ3n) is 4.25. The number of likely N-dealkylation sites (N-methyl/N-ethyl adjacent to an activating group) is 1. The van der Waals surface area contributed by atoms with Crippen LogP contribution in [-0.4, -0.2) is 54.4 Å². The van der Waals surface area contributed by atoms with Crippen molar-refractivity contribution in [2.75, 3.05) is 33.4 Å². The van der Waals surface area contributed by atoms with Crippen molar-refractivity contribution in [3.05, 3.63) is 35.2 Å². The summed E-state index contributed by atoms with van der Waals surface area (Å²) < 4.78 is 11.0. The Balaban J connectivity index is 1.54. The molecule has 0 bridgehead atoms. The fourth-order valence-electron chi connectivity index (χ4n) is 2.49. The highest BCUT2D eigenvalue weighted by molar-refractivity contribution is 6.30. The van der Waals surface area contributed by atoms with Crippen LogP contribution < -0.4 is 5.32 Å². The summed E-state index contributed by atoms with van der Waals surface area (Å²) in [6.45, 7) is 5.48. The van der Waals surface area contributed by atoms with Gasteiger partial charge in [-0.3, -0.25) is 0 Å². The first-order valence-corrected chi connectivity index (χ1v) is 9.69. The molecule has 1 aliphatic rings. The van der Waals surface area contributed by atoms with E-state index in [0.29, 0.717) is 29.9 Å². The molecule has 1 aromatic heterocycles. The molecule has 27 heavy (non-hydrogen) atoms. The van der Waals surface area contributed by atoms with Crippen molar-refractivity contribution in [2.45, 2.75) is 26.3 Å². The zero-order valence-corrected chi connectivity index (χ0v) is 16.6. The van der Waals surface area contributed by atoms with Gasteiger partial charge in [0.05, 0.1) is 6.61 Å². The van der Waals surface area contributed by atoms with Crippen LogP contribution in [0.4, 0.5) is 0 Å². The van der Waals surface area contributed by atoms with Gasteiger partial charge >= 0.3 is 0 Å². The highest BCUT2D eigenvalue weighted by Crippen LogP contribution is 2.28. The summed E-state index contributed by atoms with van der Waals surface area (Å²) >= 11 is 5.91. The fraction of sp³-hybridized carbons (Fsp3) is 0.526. The van der Waals surface area contributed by atoms with Crippen molar-refractivity contribution in [2.24, 2.45) is 10.9 Å². The first-order chi connectivity index (χ1) is 13.2. The topological polar surface area (TPSA) is 75.8 Å². The Labute approximate surface area is 164 Å². The van der Waals surface area contributed by atoms with Crippen LogP contribution in [-0.2, 0) is 11.3 Å². The van der Waals surface area contributed by atoms with Crippen molar-refractivity contribution < 1.29 is 9.26 Å². The molecule has 8 heteroatoms. The number of halogens is 1. The minimum Gasteiger partial charge on any atom is -0.379 e. The van der Waals surface area contributed by atoms with Gasteiger partial charge < -0.3 is 19.5 Å². The minimum absolute atomic E-state index is 0.316. The van der Waals surface area contributed by atoms with Crippen LogP contribution >= 0.6 is 11.6 Å². The zero-order valence-electron chi connectivity index (χ0n) is 15.8. The second kappa shape index (κ2) is 9.71. The number of hydrogen-bond acceptors (Lipinski definition) is 5. The first-order valence-electron chi connectivity index (χ1n) is 9.31. The molecule has 0 aliphatic heterocycles. The second-order valence-corrected chi connectivity index (χ2v) is 7.07. The van der Waals surface area contributed by atoms with Crippen molar-refractivity contribution in [1.29, 1.82) is 0 Å². The van der Waals surface area contributed by atoms with Gasteiger partial charge in [-0.25, -0.2) is 4.99 Å². The molecule has 3 rings (SSSR count). The smallest absolute Gasteiger partial charge is 0.248 e. The summed E-state index contributed by atoms with van der Waals surface area (Å²) in [5, 5.41) is 7.96. The Hall–Kier alpha value is -2.12. The van der Waals surface area contributed by atoms with E-state index in [1.165, 1.54) is 12.8 Å². The fourth-order valence-corrected chi connectivity index (χ4v) is 2.62. The quantitative estimate of drug-likeness (QED) is 0.402. The Morgan fingerprint density at radius 1 is 1.37 bits per heavy atom. The maximum atomic E-state index is 5.91. The lowest BCUT2D eigenvalue weighted by Crippen LogP contribution is -2.40. The standard InChI is InChI=1S/C19H26ClN5O2/c1-3-21-19(25(2)10-11-26-13-14-4-5-14)22-12-17-23-18(24-27-17)15-6-8-16(20)9-7-15/h6-9,14H,3-5,10-13H2,1-2H3,(H,21,22). The van der Waals surface area contributed by atoms with Crippen molar-refractivity contribution >= 4 is 17.6 Å². The third-order valence-corrected chi connectivity index (χ3v) is 4.50. The maximum absolute atomic E-state index is 5.91. The average molecular weight is 392 g/mol. The second-order valence-electron chi connectivity index (χ2n) is 6.63. The van der Waals surface area contributed by atoms with Crippen LogP contribution in [0.1, 0.15) is 25.7 Å². The molecule has 7 nitrogen and oxygen atoms in total. The molecule has 1 aromatic carbocycles. The van der Waals surface area contributed by atoms with E-state index in [4.69, 9.17) is 20.9 Å². The number of guanidine groups is 1. The van der Waals surface area contributed by atoms with Gasteiger partial charge in [0, 0.05) is 37.3 Å². The van der Waals surface area contributed by atoms with E-state index < -0.39 is 0 Å². The van der Waals surface area contributed by atoms with E-state index in [1.807, 2.05) is 31.0 Å². The van der Waals surface area contributed by atoms with Crippen LogP contribution in [0.5, 0.6) is 0 Å². The molecule has 146 valence electrons. The average Bonchev–Trinajstić information content (AvgIpc) is 3.38. The molecule has 1 heterocycles. The van der Waals surface area contributed by atoms with E-state index in [0.717, 1.165) is 37.1 Å². The molecule has 1 aliphatic carbocycles. The van der Waals surface area contributed by atoms with E-state index in [1.54, 1.807) is 12.1 Å². The molecule has 0 unspecified atom stereocenters. The van der Waals surface area contributed by atoms with Gasteiger partial charge in [0.15, 0.2) is 5.96 Å². The number of benzene rings is 1. The molecule has 0 saturated heterocycles. The molecule has 2 aromatic rings. The van der Waals surface area contributed by atoms with Crippen LogP contribution in [0.2, 0.25) is 5.02 Å². The van der Waals surface area contributed by atoms with E-state index in [2.05, 4.69) is 20.4 Å². The number of aliphatic imine (C=N–C) groups is 1. The summed E-state index contributed by atoms with van der Waals surface area (Å²) in [5.74, 6) is 2.57. The Bertz CT molecular complexity index is 743. The first kappa shape index (κ1) is 19.6. The molecule has 0 spiro atoms. The van der Waals surface area contributed by atoms with Gasteiger partial charge in [0.2, 0.25) is 11.7 Å². The SMILES string of the molecule is CCNC(=NCc1nc(-c2ccc(Cl)cc2)no1)N(C)CCOCC1CC1. The lowest BCUT2D eigenvalue weighted by molar-refractivity contribution is 0.115. The molecule has 0 radical (unpaired) electrons. The molecule has 0 amide bonds. The van der Waals surface area contributed by atoms with E-state index in [9.17, 15) is 0 Å². The summed E-state index contributed by atoms with van der Waals surface area (Å²) in [7, 11) is 1.99. The largest absolute Gasteiger partial charge is 0.379 e. The maximum Gasteiger partial charge on any atom is 0.248 e. The predicted molar refractivity (Wildman–Crippen MR) is 106 cm³/mol. The van der Waals surface area contributed by atoms with Crippen molar-refractivity contribution in [3.8, 4) is 11.4 Å². The third kappa shape index (κ3) is 6.22. The molecule has 1 N–H and O–H groups in total. The summed E-state index contributed by atoms with van der Waals surface area (Å²) in [5.41, 5.74) is 0.857. The molecular weight excluding hydrogens is 366 g/mol. The van der Waals surface area contributed by atoms with Gasteiger partial charge in [-0.1, -0.05) is 16.8 Å². The summed E-state index contributed by atoms with van der Waals surface area (Å²) in [6.07, 6.45) is 2.62. The minimum atomic E-state index is 0.316. The highest BCUT2D eigenvalue weighted by Gasteiger charge is 2.21. The Morgan fingerprint density at radius 2 is 2.15 bits per heavy atom. The number of rotatable bonds is 9. The summed E-state index contributed by atoms with van der Waals surface area (Å²) in [6, 6.07) is 7.32. The van der Waals surface area contributed by atoms with Crippen LogP contribution in [0.15, 0.2) is 33.8 Å². The lowest BCUT2D eigenvalue weighted by atomic mass is 10.2. The van der Waals surface area contributed by atoms with Crippen LogP contribution in [0.25, 0.3) is 11.4 Å². The molecular formula is C19H26ClN5O2. The van der Waals surface area contributed by atoms with Crippen LogP contribution in [0, 0.1) is 5.92 Å². The number of nitrogens with zero attached hydrogens (tertiary/aromatic N) is 4. The van der Waals surface area contributed by atoms with Gasteiger partial charge in [-0.2, -0.15) is 4.98 Å². The van der Waals surface area contributed by atoms with Gasteiger partial charge in [-0.15, -0.1) is 0 Å². The number of hydrogen-bond donors (Lipinski definition) is 1.